The molecule has 37 heavy (non-hydrogen) atoms. The Morgan fingerprint density at radius 2 is 1.43 bits per heavy atom. The van der Waals surface area contributed by atoms with Gasteiger partial charge in [-0.15, -0.1) is 0 Å². The van der Waals surface area contributed by atoms with Crippen molar-refractivity contribution in [1.29, 1.82) is 0 Å². The number of amides is 1. The maximum absolute atomic E-state index is 12.3. The summed E-state index contributed by atoms with van der Waals surface area (Å²) >= 11 is 0. The summed E-state index contributed by atoms with van der Waals surface area (Å²) in [5, 5.41) is 6.29. The van der Waals surface area contributed by atoms with Gasteiger partial charge in [-0.1, -0.05) is 54.6 Å². The zero-order chi connectivity index (χ0) is 25.3. The van der Waals surface area contributed by atoms with Gasteiger partial charge in [0.2, 0.25) is 5.91 Å². The molecule has 2 fully saturated rings. The molecular weight excluding hydrogens is 460 g/mol. The molecule has 2 aliphatic heterocycles. The van der Waals surface area contributed by atoms with Crippen molar-refractivity contribution in [2.75, 3.05) is 38.0 Å². The maximum atomic E-state index is 12.3. The smallest absolute Gasteiger partial charge is 0.241 e. The van der Waals surface area contributed by atoms with Crippen molar-refractivity contribution in [1.82, 2.24) is 15.1 Å². The molecule has 2 aliphatic rings. The van der Waals surface area contributed by atoms with Crippen molar-refractivity contribution in [2.45, 2.75) is 45.0 Å². The molecule has 0 saturated carbocycles. The van der Waals surface area contributed by atoms with E-state index in [0.29, 0.717) is 6.61 Å². The van der Waals surface area contributed by atoms with Gasteiger partial charge in [0.1, 0.15) is 12.4 Å². The third-order valence-corrected chi connectivity index (χ3v) is 7.26. The van der Waals surface area contributed by atoms with E-state index in [0.717, 1.165) is 70.1 Å². The molecule has 1 amide bonds. The first-order valence-corrected chi connectivity index (χ1v) is 13.5. The van der Waals surface area contributed by atoms with E-state index in [9.17, 15) is 4.79 Å². The first-order valence-electron chi connectivity index (χ1n) is 13.5. The Morgan fingerprint density at radius 1 is 0.784 bits per heavy atom. The van der Waals surface area contributed by atoms with E-state index < -0.39 is 0 Å². The fourth-order valence-electron chi connectivity index (χ4n) is 5.12. The molecule has 0 aliphatic carbocycles. The molecular formula is C31H38N4O2. The van der Waals surface area contributed by atoms with Crippen LogP contribution in [0, 0.1) is 0 Å². The zero-order valence-electron chi connectivity index (χ0n) is 21.6. The number of carbonyl (C=O) groups excluding carboxylic acids is 1. The molecule has 0 aromatic heterocycles. The lowest BCUT2D eigenvalue weighted by Gasteiger charge is -2.22. The van der Waals surface area contributed by atoms with Crippen molar-refractivity contribution < 1.29 is 9.53 Å². The Balaban J connectivity index is 1.05. The van der Waals surface area contributed by atoms with E-state index in [1.807, 2.05) is 30.3 Å². The minimum Gasteiger partial charge on any atom is -0.489 e. The fraction of sp³-hybridized carbons (Fsp3) is 0.387. The Morgan fingerprint density at radius 3 is 2.05 bits per heavy atom. The van der Waals surface area contributed by atoms with Crippen LogP contribution < -0.4 is 15.4 Å². The highest BCUT2D eigenvalue weighted by Crippen LogP contribution is 2.18. The van der Waals surface area contributed by atoms with Crippen molar-refractivity contribution in [3.63, 3.8) is 0 Å². The van der Waals surface area contributed by atoms with E-state index in [1.54, 1.807) is 0 Å². The Hall–Kier alpha value is -3.19. The average Bonchev–Trinajstić information content (AvgIpc) is 3.39. The Kier molecular flexibility index (Phi) is 8.85. The molecule has 1 atom stereocenters. The maximum Gasteiger partial charge on any atom is 0.241 e. The molecule has 0 spiro atoms. The van der Waals surface area contributed by atoms with Crippen LogP contribution in [0.2, 0.25) is 0 Å². The number of hydrogen-bond donors (Lipinski definition) is 2. The number of anilines is 1. The van der Waals surface area contributed by atoms with Crippen LogP contribution in [0.3, 0.4) is 0 Å². The highest BCUT2D eigenvalue weighted by molar-refractivity contribution is 5.95. The number of carbonyl (C=O) groups is 1. The molecule has 2 N–H and O–H groups in total. The Bertz CT molecular complexity index is 1110. The number of hydrogen-bond acceptors (Lipinski definition) is 5. The van der Waals surface area contributed by atoms with E-state index in [4.69, 9.17) is 4.74 Å². The molecule has 6 heteroatoms. The standard InChI is InChI=1S/C31H38N4O2/c36-31(30-8-4-17-32-30)33-28-13-9-25(10-14-28)22-34-18-5-19-35(21-20-34)23-26-11-15-29(16-12-26)37-24-27-6-2-1-3-7-27/h1-3,6-7,9-16,30,32H,4-5,8,17-24H2,(H,33,36). The van der Waals surface area contributed by atoms with Gasteiger partial charge in [-0.25, -0.2) is 0 Å². The summed E-state index contributed by atoms with van der Waals surface area (Å²) in [7, 11) is 0. The summed E-state index contributed by atoms with van der Waals surface area (Å²) < 4.78 is 5.93. The molecule has 2 heterocycles. The van der Waals surface area contributed by atoms with Crippen LogP contribution in [-0.4, -0.2) is 54.5 Å². The first kappa shape index (κ1) is 25.5. The second-order valence-electron chi connectivity index (χ2n) is 10.2. The van der Waals surface area contributed by atoms with Crippen LogP contribution in [0.1, 0.15) is 36.0 Å². The van der Waals surface area contributed by atoms with Gasteiger partial charge in [0, 0.05) is 31.9 Å². The van der Waals surface area contributed by atoms with Gasteiger partial charge in [-0.05, 0) is 79.9 Å². The van der Waals surface area contributed by atoms with Crippen molar-refractivity contribution >= 4 is 11.6 Å². The normalized spacial score (nSPS) is 18.9. The van der Waals surface area contributed by atoms with Crippen LogP contribution in [-0.2, 0) is 24.5 Å². The van der Waals surface area contributed by atoms with Gasteiger partial charge in [-0.3, -0.25) is 14.6 Å². The molecule has 0 radical (unpaired) electrons. The number of nitrogens with zero attached hydrogens (tertiary/aromatic N) is 2. The van der Waals surface area contributed by atoms with Gasteiger partial charge in [-0.2, -0.15) is 0 Å². The summed E-state index contributed by atoms with van der Waals surface area (Å²) in [6, 6.07) is 27.1. The molecule has 5 rings (SSSR count). The lowest BCUT2D eigenvalue weighted by Crippen LogP contribution is -2.35. The number of ether oxygens (including phenoxy) is 1. The second-order valence-corrected chi connectivity index (χ2v) is 10.2. The molecule has 3 aromatic carbocycles. The third-order valence-electron chi connectivity index (χ3n) is 7.26. The minimum absolute atomic E-state index is 0.0503. The third kappa shape index (κ3) is 7.65. The zero-order valence-corrected chi connectivity index (χ0v) is 21.6. The Labute approximate surface area is 220 Å². The van der Waals surface area contributed by atoms with Gasteiger partial charge in [0.25, 0.3) is 0 Å². The number of nitrogens with one attached hydrogen (secondary N) is 2. The van der Waals surface area contributed by atoms with Crippen LogP contribution in [0.15, 0.2) is 78.9 Å². The SMILES string of the molecule is O=C(Nc1ccc(CN2CCCN(Cc3ccc(OCc4ccccc4)cc3)CC2)cc1)C1CCCN1. The van der Waals surface area contributed by atoms with Crippen molar-refractivity contribution in [3.8, 4) is 5.75 Å². The van der Waals surface area contributed by atoms with Crippen LogP contribution >= 0.6 is 0 Å². The van der Waals surface area contributed by atoms with E-state index >= 15 is 0 Å². The average molecular weight is 499 g/mol. The van der Waals surface area contributed by atoms with E-state index in [-0.39, 0.29) is 11.9 Å². The van der Waals surface area contributed by atoms with Crippen LogP contribution in [0.25, 0.3) is 0 Å². The van der Waals surface area contributed by atoms with Gasteiger partial charge in [0.05, 0.1) is 6.04 Å². The second kappa shape index (κ2) is 12.9. The van der Waals surface area contributed by atoms with Crippen molar-refractivity contribution in [3.05, 3.63) is 95.6 Å². The number of benzene rings is 3. The largest absolute Gasteiger partial charge is 0.489 e. The molecule has 3 aromatic rings. The minimum atomic E-state index is -0.0503. The summed E-state index contributed by atoms with van der Waals surface area (Å²) in [5.41, 5.74) is 4.67. The van der Waals surface area contributed by atoms with Gasteiger partial charge >= 0.3 is 0 Å². The predicted molar refractivity (Wildman–Crippen MR) is 148 cm³/mol. The first-order chi connectivity index (χ1) is 18.2. The summed E-state index contributed by atoms with van der Waals surface area (Å²) in [5.74, 6) is 0.989. The van der Waals surface area contributed by atoms with Crippen LogP contribution in [0.4, 0.5) is 5.69 Å². The van der Waals surface area contributed by atoms with E-state index in [1.165, 1.54) is 23.1 Å². The summed E-state index contributed by atoms with van der Waals surface area (Å²) in [6.07, 6.45) is 3.16. The topological polar surface area (TPSA) is 56.8 Å². The highest BCUT2D eigenvalue weighted by Gasteiger charge is 2.22. The predicted octanol–water partition coefficient (Wildman–Crippen LogP) is 4.66. The summed E-state index contributed by atoms with van der Waals surface area (Å²) in [6.45, 7) is 7.78. The van der Waals surface area contributed by atoms with Gasteiger partial charge in [0.15, 0.2) is 0 Å². The monoisotopic (exact) mass is 498 g/mol. The highest BCUT2D eigenvalue weighted by atomic mass is 16.5. The molecule has 1 unspecified atom stereocenters. The molecule has 6 nitrogen and oxygen atoms in total. The van der Waals surface area contributed by atoms with Gasteiger partial charge < -0.3 is 15.4 Å². The van der Waals surface area contributed by atoms with Crippen molar-refractivity contribution in [2.24, 2.45) is 0 Å². The van der Waals surface area contributed by atoms with Crippen LogP contribution in [0.5, 0.6) is 5.75 Å². The molecule has 2 saturated heterocycles. The lowest BCUT2D eigenvalue weighted by atomic mass is 10.1. The molecule has 0 bridgehead atoms. The molecule has 194 valence electrons. The lowest BCUT2D eigenvalue weighted by molar-refractivity contribution is -0.117. The summed E-state index contributed by atoms with van der Waals surface area (Å²) in [4.78, 5) is 17.4. The van der Waals surface area contributed by atoms with E-state index in [2.05, 4.69) is 69.0 Å². The number of rotatable bonds is 9. The quantitative estimate of drug-likeness (QED) is 0.449. The fourth-order valence-corrected chi connectivity index (χ4v) is 5.12.